The molecule has 0 radical (unpaired) electrons. The van der Waals surface area contributed by atoms with E-state index in [-0.39, 0.29) is 0 Å². The SMILES string of the molecule is Cc1ccc(Cl)cc1C1CCCCN1. The third-order valence-electron chi connectivity index (χ3n) is 2.93. The molecular formula is C12H16ClN. The molecule has 2 rings (SSSR count). The molecule has 1 fully saturated rings. The molecular weight excluding hydrogens is 194 g/mol. The van der Waals surface area contributed by atoms with E-state index in [9.17, 15) is 0 Å². The van der Waals surface area contributed by atoms with Crippen LogP contribution in [0.5, 0.6) is 0 Å². The number of aryl methyl sites for hydroxylation is 1. The Morgan fingerprint density at radius 2 is 2.21 bits per heavy atom. The monoisotopic (exact) mass is 209 g/mol. The molecule has 1 aromatic rings. The highest BCUT2D eigenvalue weighted by molar-refractivity contribution is 6.30. The molecule has 1 aliphatic heterocycles. The first-order valence-electron chi connectivity index (χ1n) is 5.27. The van der Waals surface area contributed by atoms with E-state index in [0.29, 0.717) is 6.04 Å². The average molecular weight is 210 g/mol. The zero-order chi connectivity index (χ0) is 9.97. The summed E-state index contributed by atoms with van der Waals surface area (Å²) in [5, 5.41) is 4.39. The van der Waals surface area contributed by atoms with Crippen LogP contribution in [0.2, 0.25) is 5.02 Å². The number of nitrogens with one attached hydrogen (secondary N) is 1. The van der Waals surface area contributed by atoms with Gasteiger partial charge in [0, 0.05) is 11.1 Å². The fourth-order valence-electron chi connectivity index (χ4n) is 2.10. The van der Waals surface area contributed by atoms with Gasteiger partial charge in [-0.25, -0.2) is 0 Å². The molecule has 1 aromatic carbocycles. The van der Waals surface area contributed by atoms with Gasteiger partial charge in [0.2, 0.25) is 0 Å². The van der Waals surface area contributed by atoms with Crippen LogP contribution in [0.15, 0.2) is 18.2 Å². The van der Waals surface area contributed by atoms with E-state index in [0.717, 1.165) is 11.6 Å². The van der Waals surface area contributed by atoms with Crippen LogP contribution in [0.4, 0.5) is 0 Å². The highest BCUT2D eigenvalue weighted by atomic mass is 35.5. The Bertz CT molecular complexity index is 316. The third kappa shape index (κ3) is 2.10. The minimum Gasteiger partial charge on any atom is -0.310 e. The van der Waals surface area contributed by atoms with Crippen LogP contribution in [0.1, 0.15) is 36.4 Å². The fourth-order valence-corrected chi connectivity index (χ4v) is 2.28. The summed E-state index contributed by atoms with van der Waals surface area (Å²) in [6.07, 6.45) is 3.86. The largest absolute Gasteiger partial charge is 0.310 e. The van der Waals surface area contributed by atoms with Crippen LogP contribution >= 0.6 is 11.6 Å². The summed E-state index contributed by atoms with van der Waals surface area (Å²) in [6, 6.07) is 6.68. The second-order valence-corrected chi connectivity index (χ2v) is 4.44. The molecule has 0 spiro atoms. The molecule has 14 heavy (non-hydrogen) atoms. The van der Waals surface area contributed by atoms with E-state index in [1.165, 1.54) is 30.4 Å². The molecule has 1 nitrogen and oxygen atoms in total. The lowest BCUT2D eigenvalue weighted by molar-refractivity contribution is 0.411. The summed E-state index contributed by atoms with van der Waals surface area (Å²) in [6.45, 7) is 3.29. The van der Waals surface area contributed by atoms with Gasteiger partial charge in [0.1, 0.15) is 0 Å². The Balaban J connectivity index is 2.24. The van der Waals surface area contributed by atoms with Crippen molar-refractivity contribution in [1.29, 1.82) is 0 Å². The van der Waals surface area contributed by atoms with Gasteiger partial charge in [0.15, 0.2) is 0 Å². The molecule has 0 amide bonds. The summed E-state index contributed by atoms with van der Waals surface area (Å²) in [4.78, 5) is 0. The van der Waals surface area contributed by atoms with Crippen molar-refractivity contribution in [2.75, 3.05) is 6.54 Å². The van der Waals surface area contributed by atoms with Crippen LogP contribution in [0.3, 0.4) is 0 Å². The van der Waals surface area contributed by atoms with Gasteiger partial charge < -0.3 is 5.32 Å². The van der Waals surface area contributed by atoms with Crippen molar-refractivity contribution in [3.05, 3.63) is 34.3 Å². The Morgan fingerprint density at radius 1 is 1.36 bits per heavy atom. The van der Waals surface area contributed by atoms with Crippen LogP contribution in [-0.2, 0) is 0 Å². The molecule has 0 aromatic heterocycles. The zero-order valence-corrected chi connectivity index (χ0v) is 9.27. The first-order chi connectivity index (χ1) is 6.77. The van der Waals surface area contributed by atoms with E-state index in [1.54, 1.807) is 0 Å². The molecule has 0 bridgehead atoms. The van der Waals surface area contributed by atoms with Gasteiger partial charge in [0.25, 0.3) is 0 Å². The van der Waals surface area contributed by atoms with Gasteiger partial charge >= 0.3 is 0 Å². The lowest BCUT2D eigenvalue weighted by Gasteiger charge is -2.25. The van der Waals surface area contributed by atoms with Crippen molar-refractivity contribution in [2.45, 2.75) is 32.2 Å². The quantitative estimate of drug-likeness (QED) is 0.747. The van der Waals surface area contributed by atoms with Gasteiger partial charge in [-0.3, -0.25) is 0 Å². The minimum atomic E-state index is 0.516. The number of piperidine rings is 1. The van der Waals surface area contributed by atoms with Crippen molar-refractivity contribution in [3.63, 3.8) is 0 Å². The van der Waals surface area contributed by atoms with E-state index < -0.39 is 0 Å². The Hall–Kier alpha value is -0.530. The predicted octanol–water partition coefficient (Wildman–Crippen LogP) is 3.46. The number of benzene rings is 1. The van der Waals surface area contributed by atoms with Crippen molar-refractivity contribution >= 4 is 11.6 Å². The molecule has 1 saturated heterocycles. The lowest BCUT2D eigenvalue weighted by Crippen LogP contribution is -2.27. The summed E-state index contributed by atoms with van der Waals surface area (Å²) >= 11 is 6.01. The molecule has 1 heterocycles. The van der Waals surface area contributed by atoms with Crippen molar-refractivity contribution in [2.24, 2.45) is 0 Å². The number of hydrogen-bond acceptors (Lipinski definition) is 1. The number of halogens is 1. The number of rotatable bonds is 1. The van der Waals surface area contributed by atoms with Crippen molar-refractivity contribution < 1.29 is 0 Å². The Labute approximate surface area is 90.5 Å². The molecule has 0 aliphatic carbocycles. The second kappa shape index (κ2) is 4.33. The highest BCUT2D eigenvalue weighted by Crippen LogP contribution is 2.27. The molecule has 1 atom stereocenters. The van der Waals surface area contributed by atoms with Gasteiger partial charge in [-0.1, -0.05) is 24.1 Å². The molecule has 1 N–H and O–H groups in total. The molecule has 2 heteroatoms. The van der Waals surface area contributed by atoms with E-state index in [2.05, 4.69) is 24.4 Å². The second-order valence-electron chi connectivity index (χ2n) is 4.00. The van der Waals surface area contributed by atoms with E-state index in [1.807, 2.05) is 6.07 Å². The topological polar surface area (TPSA) is 12.0 Å². The fraction of sp³-hybridized carbons (Fsp3) is 0.500. The maximum atomic E-state index is 6.01. The standard InChI is InChI=1S/C12H16ClN/c1-9-5-6-10(13)8-11(9)12-4-2-3-7-14-12/h5-6,8,12,14H,2-4,7H2,1H3. The van der Waals surface area contributed by atoms with Crippen LogP contribution in [-0.4, -0.2) is 6.54 Å². The smallest absolute Gasteiger partial charge is 0.0409 e. The zero-order valence-electron chi connectivity index (χ0n) is 8.52. The first-order valence-corrected chi connectivity index (χ1v) is 5.64. The van der Waals surface area contributed by atoms with Crippen LogP contribution < -0.4 is 5.32 Å². The van der Waals surface area contributed by atoms with E-state index >= 15 is 0 Å². The Morgan fingerprint density at radius 3 is 2.93 bits per heavy atom. The summed E-state index contributed by atoms with van der Waals surface area (Å²) in [7, 11) is 0. The molecule has 1 unspecified atom stereocenters. The average Bonchev–Trinajstić information content (AvgIpc) is 2.23. The highest BCUT2D eigenvalue weighted by Gasteiger charge is 2.16. The van der Waals surface area contributed by atoms with Gasteiger partial charge in [0.05, 0.1) is 0 Å². The normalized spacial score (nSPS) is 22.3. The summed E-state index contributed by atoms with van der Waals surface area (Å²) in [5.74, 6) is 0. The lowest BCUT2D eigenvalue weighted by atomic mass is 9.94. The summed E-state index contributed by atoms with van der Waals surface area (Å²) < 4.78 is 0. The van der Waals surface area contributed by atoms with Crippen LogP contribution in [0, 0.1) is 6.92 Å². The van der Waals surface area contributed by atoms with Crippen LogP contribution in [0.25, 0.3) is 0 Å². The Kier molecular flexibility index (Phi) is 3.09. The van der Waals surface area contributed by atoms with Gasteiger partial charge in [-0.05, 0) is 49.6 Å². The maximum Gasteiger partial charge on any atom is 0.0409 e. The molecule has 76 valence electrons. The number of hydrogen-bond donors (Lipinski definition) is 1. The van der Waals surface area contributed by atoms with Gasteiger partial charge in [-0.15, -0.1) is 0 Å². The van der Waals surface area contributed by atoms with Gasteiger partial charge in [-0.2, -0.15) is 0 Å². The predicted molar refractivity (Wildman–Crippen MR) is 60.8 cm³/mol. The maximum absolute atomic E-state index is 6.01. The molecule has 1 aliphatic rings. The first kappa shape index (κ1) is 10.0. The molecule has 0 saturated carbocycles. The third-order valence-corrected chi connectivity index (χ3v) is 3.16. The minimum absolute atomic E-state index is 0.516. The van der Waals surface area contributed by atoms with Crippen molar-refractivity contribution in [1.82, 2.24) is 5.32 Å². The van der Waals surface area contributed by atoms with Crippen molar-refractivity contribution in [3.8, 4) is 0 Å². The summed E-state index contributed by atoms with van der Waals surface area (Å²) in [5.41, 5.74) is 2.71. The van der Waals surface area contributed by atoms with E-state index in [4.69, 9.17) is 11.6 Å².